The Morgan fingerprint density at radius 3 is 2.77 bits per heavy atom. The summed E-state index contributed by atoms with van der Waals surface area (Å²) in [6.45, 7) is 5.89. The zero-order chi connectivity index (χ0) is 15.6. The van der Waals surface area contributed by atoms with Crippen LogP contribution in [0.15, 0.2) is 30.3 Å². The van der Waals surface area contributed by atoms with Crippen molar-refractivity contribution in [1.82, 2.24) is 15.5 Å². The highest BCUT2D eigenvalue weighted by Gasteiger charge is 2.28. The number of nitrogens with one attached hydrogen (secondary N) is 2. The molecule has 1 amide bonds. The van der Waals surface area contributed by atoms with Gasteiger partial charge in [-0.2, -0.15) is 0 Å². The van der Waals surface area contributed by atoms with Gasteiger partial charge in [-0.15, -0.1) is 10.2 Å². The molecule has 1 unspecified atom stereocenters. The molecular weight excluding hydrogens is 296 g/mol. The van der Waals surface area contributed by atoms with Crippen molar-refractivity contribution >= 4 is 22.4 Å². The van der Waals surface area contributed by atoms with Gasteiger partial charge in [-0.3, -0.25) is 4.79 Å². The average Bonchev–Trinajstić information content (AvgIpc) is 3.19. The largest absolute Gasteiger partial charge is 0.316 e. The van der Waals surface area contributed by atoms with Gasteiger partial charge in [0, 0.05) is 12.0 Å². The van der Waals surface area contributed by atoms with Gasteiger partial charge >= 0.3 is 0 Å². The molecule has 6 heteroatoms. The van der Waals surface area contributed by atoms with Gasteiger partial charge in [0.05, 0.1) is 5.92 Å². The lowest BCUT2D eigenvalue weighted by Crippen LogP contribution is -2.24. The van der Waals surface area contributed by atoms with Crippen LogP contribution in [0.1, 0.15) is 30.8 Å². The minimum Gasteiger partial charge on any atom is -0.316 e. The van der Waals surface area contributed by atoms with Gasteiger partial charge in [0.25, 0.3) is 0 Å². The Hall–Kier alpha value is -1.79. The number of nitrogens with zero attached hydrogens (tertiary/aromatic N) is 2. The second kappa shape index (κ2) is 6.14. The van der Waals surface area contributed by atoms with Gasteiger partial charge < -0.3 is 10.6 Å². The van der Waals surface area contributed by atoms with E-state index >= 15 is 0 Å². The van der Waals surface area contributed by atoms with Crippen LogP contribution in [0.3, 0.4) is 0 Å². The maximum Gasteiger partial charge on any atom is 0.230 e. The predicted octanol–water partition coefficient (Wildman–Crippen LogP) is 2.41. The first kappa shape index (κ1) is 15.1. The van der Waals surface area contributed by atoms with Crippen molar-refractivity contribution < 1.29 is 4.79 Å². The summed E-state index contributed by atoms with van der Waals surface area (Å²) >= 11 is 1.45. The van der Waals surface area contributed by atoms with Gasteiger partial charge in [0.2, 0.25) is 11.0 Å². The van der Waals surface area contributed by atoms with Gasteiger partial charge in [0.15, 0.2) is 0 Å². The highest BCUT2D eigenvalue weighted by Crippen LogP contribution is 2.34. The van der Waals surface area contributed by atoms with E-state index in [0.29, 0.717) is 5.13 Å². The molecule has 1 aromatic heterocycles. The zero-order valence-electron chi connectivity index (χ0n) is 12.8. The molecule has 0 aliphatic carbocycles. The first-order valence-corrected chi connectivity index (χ1v) is 8.30. The second-order valence-electron chi connectivity index (χ2n) is 6.08. The molecule has 0 saturated carbocycles. The molecule has 0 bridgehead atoms. The van der Waals surface area contributed by atoms with E-state index in [-0.39, 0.29) is 17.2 Å². The van der Waals surface area contributed by atoms with Crippen LogP contribution in [-0.2, 0) is 10.2 Å². The van der Waals surface area contributed by atoms with E-state index in [9.17, 15) is 4.79 Å². The van der Waals surface area contributed by atoms with E-state index in [1.807, 2.05) is 18.2 Å². The quantitative estimate of drug-likeness (QED) is 0.909. The van der Waals surface area contributed by atoms with Crippen molar-refractivity contribution in [2.75, 3.05) is 18.4 Å². The minimum absolute atomic E-state index is 0.0326. The number of amides is 1. The first-order valence-electron chi connectivity index (χ1n) is 7.48. The van der Waals surface area contributed by atoms with E-state index in [0.717, 1.165) is 24.5 Å². The summed E-state index contributed by atoms with van der Waals surface area (Å²) in [6, 6.07) is 10.2. The Balaban J connectivity index is 1.74. The first-order chi connectivity index (χ1) is 10.6. The number of benzene rings is 1. The van der Waals surface area contributed by atoms with Gasteiger partial charge in [-0.05, 0) is 32.4 Å². The van der Waals surface area contributed by atoms with Crippen LogP contribution in [0.4, 0.5) is 5.13 Å². The standard InChI is InChI=1S/C16H20N4OS/c1-16(2,12-6-4-3-5-7-12)14-19-20-15(22-14)18-13(21)11-8-9-17-10-11/h3-7,11,17H,8-10H2,1-2H3,(H,18,20,21). The molecule has 1 aromatic carbocycles. The fourth-order valence-electron chi connectivity index (χ4n) is 2.59. The van der Waals surface area contributed by atoms with E-state index in [1.54, 1.807) is 0 Å². The van der Waals surface area contributed by atoms with E-state index in [2.05, 4.69) is 46.8 Å². The van der Waals surface area contributed by atoms with Crippen LogP contribution >= 0.6 is 11.3 Å². The van der Waals surface area contributed by atoms with E-state index in [4.69, 9.17) is 0 Å². The molecule has 2 N–H and O–H groups in total. The van der Waals surface area contributed by atoms with Crippen molar-refractivity contribution in [3.8, 4) is 0 Å². The number of hydrogen-bond donors (Lipinski definition) is 2. The SMILES string of the molecule is CC(C)(c1ccccc1)c1nnc(NC(=O)C2CCNC2)s1. The summed E-state index contributed by atoms with van der Waals surface area (Å²) in [6.07, 6.45) is 0.882. The van der Waals surface area contributed by atoms with Crippen molar-refractivity contribution in [2.24, 2.45) is 5.92 Å². The highest BCUT2D eigenvalue weighted by atomic mass is 32.1. The lowest BCUT2D eigenvalue weighted by molar-refractivity contribution is -0.119. The Bertz CT molecular complexity index is 647. The van der Waals surface area contributed by atoms with Crippen LogP contribution in [0, 0.1) is 5.92 Å². The molecular formula is C16H20N4OS. The number of carbonyl (C=O) groups is 1. The maximum atomic E-state index is 12.1. The van der Waals surface area contributed by atoms with Crippen molar-refractivity contribution in [3.05, 3.63) is 40.9 Å². The van der Waals surface area contributed by atoms with Gasteiger partial charge in [0.1, 0.15) is 5.01 Å². The summed E-state index contributed by atoms with van der Waals surface area (Å²) in [4.78, 5) is 12.1. The molecule has 116 valence electrons. The molecule has 0 radical (unpaired) electrons. The van der Waals surface area contributed by atoms with Crippen molar-refractivity contribution in [1.29, 1.82) is 0 Å². The van der Waals surface area contributed by atoms with Gasteiger partial charge in [-0.25, -0.2) is 0 Å². The Morgan fingerprint density at radius 1 is 1.32 bits per heavy atom. The number of carbonyl (C=O) groups excluding carboxylic acids is 1. The van der Waals surface area contributed by atoms with Crippen LogP contribution < -0.4 is 10.6 Å². The smallest absolute Gasteiger partial charge is 0.230 e. The number of hydrogen-bond acceptors (Lipinski definition) is 5. The van der Waals surface area contributed by atoms with Crippen LogP contribution in [0.5, 0.6) is 0 Å². The van der Waals surface area contributed by atoms with Crippen molar-refractivity contribution in [3.63, 3.8) is 0 Å². The van der Waals surface area contributed by atoms with E-state index in [1.165, 1.54) is 16.9 Å². The third-order valence-corrected chi connectivity index (χ3v) is 5.28. The lowest BCUT2D eigenvalue weighted by atomic mass is 9.85. The molecule has 3 rings (SSSR count). The third-order valence-electron chi connectivity index (χ3n) is 4.12. The second-order valence-corrected chi connectivity index (χ2v) is 7.06. The van der Waals surface area contributed by atoms with Crippen LogP contribution in [0.25, 0.3) is 0 Å². The molecule has 1 saturated heterocycles. The summed E-state index contributed by atoms with van der Waals surface area (Å²) in [5.41, 5.74) is 0.959. The molecule has 2 aromatic rings. The number of anilines is 1. The molecule has 5 nitrogen and oxygen atoms in total. The zero-order valence-corrected chi connectivity index (χ0v) is 13.6. The van der Waals surface area contributed by atoms with E-state index < -0.39 is 0 Å². The molecule has 2 heterocycles. The fourth-order valence-corrected chi connectivity index (χ4v) is 3.46. The minimum atomic E-state index is -0.225. The molecule has 0 spiro atoms. The summed E-state index contributed by atoms with van der Waals surface area (Å²) in [5.74, 6) is 0.0692. The van der Waals surface area contributed by atoms with Crippen molar-refractivity contribution in [2.45, 2.75) is 25.7 Å². The Morgan fingerprint density at radius 2 is 2.09 bits per heavy atom. The highest BCUT2D eigenvalue weighted by molar-refractivity contribution is 7.15. The Labute approximate surface area is 134 Å². The summed E-state index contributed by atoms with van der Waals surface area (Å²) < 4.78 is 0. The number of rotatable bonds is 4. The molecule has 1 aliphatic heterocycles. The maximum absolute atomic E-state index is 12.1. The molecule has 1 aliphatic rings. The van der Waals surface area contributed by atoms with Gasteiger partial charge in [-0.1, -0.05) is 41.7 Å². The number of aromatic nitrogens is 2. The normalized spacial score (nSPS) is 18.4. The summed E-state index contributed by atoms with van der Waals surface area (Å²) in [5, 5.41) is 16.0. The molecule has 1 atom stereocenters. The Kier molecular flexibility index (Phi) is 4.22. The topological polar surface area (TPSA) is 66.9 Å². The molecule has 22 heavy (non-hydrogen) atoms. The predicted molar refractivity (Wildman–Crippen MR) is 88.1 cm³/mol. The molecule has 1 fully saturated rings. The van der Waals surface area contributed by atoms with Crippen LogP contribution in [0.2, 0.25) is 0 Å². The van der Waals surface area contributed by atoms with Crippen LogP contribution in [-0.4, -0.2) is 29.2 Å². The summed E-state index contributed by atoms with van der Waals surface area (Å²) in [7, 11) is 0. The lowest BCUT2D eigenvalue weighted by Gasteiger charge is -2.21. The third kappa shape index (κ3) is 3.03. The fraction of sp³-hybridized carbons (Fsp3) is 0.438. The average molecular weight is 316 g/mol. The monoisotopic (exact) mass is 316 g/mol.